The zero-order valence-corrected chi connectivity index (χ0v) is 28.3. The Balaban J connectivity index is 1.41. The molecule has 0 fully saturated rings. The molecule has 280 valence electrons. The summed E-state index contributed by atoms with van der Waals surface area (Å²) in [7, 11) is 2.57. The summed E-state index contributed by atoms with van der Waals surface area (Å²) in [5.41, 5.74) is -1.19. The first-order chi connectivity index (χ1) is 25.7. The highest BCUT2D eigenvalue weighted by Crippen LogP contribution is 2.48. The molecule has 54 heavy (non-hydrogen) atoms. The predicted molar refractivity (Wildman–Crippen MR) is 185 cm³/mol. The van der Waals surface area contributed by atoms with Gasteiger partial charge in [-0.05, 0) is 41.3 Å². The summed E-state index contributed by atoms with van der Waals surface area (Å²) in [5, 5.41) is 95.3. The minimum atomic E-state index is -1.48. The van der Waals surface area contributed by atoms with Gasteiger partial charge in [-0.1, -0.05) is 0 Å². The highest BCUT2D eigenvalue weighted by molar-refractivity contribution is 5.94. The van der Waals surface area contributed by atoms with Gasteiger partial charge in [0, 0.05) is 53.8 Å². The number of benzene rings is 4. The van der Waals surface area contributed by atoms with Crippen molar-refractivity contribution < 1.29 is 74.4 Å². The molecule has 2 heterocycles. The van der Waals surface area contributed by atoms with Crippen molar-refractivity contribution in [1.82, 2.24) is 0 Å². The van der Waals surface area contributed by atoms with E-state index < -0.39 is 69.9 Å². The van der Waals surface area contributed by atoms with Crippen LogP contribution in [-0.2, 0) is 17.6 Å². The highest BCUT2D eigenvalue weighted by Gasteiger charge is 2.39. The smallest absolute Gasteiger partial charge is 0.338 e. The van der Waals surface area contributed by atoms with Crippen LogP contribution in [0.1, 0.15) is 44.8 Å². The Morgan fingerprint density at radius 2 is 1.31 bits per heavy atom. The Hall–Kier alpha value is -6.94. The average Bonchev–Trinajstić information content (AvgIpc) is 3.24. The van der Waals surface area contributed by atoms with Crippen molar-refractivity contribution in [2.24, 2.45) is 0 Å². The van der Waals surface area contributed by atoms with Gasteiger partial charge in [0.15, 0.2) is 34.9 Å². The van der Waals surface area contributed by atoms with E-state index in [0.29, 0.717) is 0 Å². The molecule has 0 bridgehead atoms. The van der Waals surface area contributed by atoms with E-state index in [1.165, 1.54) is 38.5 Å². The molecule has 16 nitrogen and oxygen atoms in total. The molecule has 0 radical (unpaired) electrons. The number of ether oxygens (including phenoxy) is 5. The van der Waals surface area contributed by atoms with Gasteiger partial charge in [0.25, 0.3) is 0 Å². The van der Waals surface area contributed by atoms with Gasteiger partial charge in [0.05, 0.1) is 31.3 Å². The normalized spacial score (nSPS) is 18.8. The fraction of sp³-hybridized carbons (Fsp3) is 0.211. The maximum atomic E-state index is 13.7. The molecule has 0 saturated heterocycles. The van der Waals surface area contributed by atoms with E-state index in [1.807, 2.05) is 0 Å². The van der Waals surface area contributed by atoms with Crippen LogP contribution in [0.4, 0.5) is 0 Å². The Morgan fingerprint density at radius 1 is 0.685 bits per heavy atom. The molecular weight excluding hydrogens is 712 g/mol. The molecule has 9 N–H and O–H groups in total. The Morgan fingerprint density at radius 3 is 1.94 bits per heavy atom. The number of hydrogen-bond acceptors (Lipinski definition) is 16. The van der Waals surface area contributed by atoms with Crippen LogP contribution < -0.4 is 24.4 Å². The monoisotopic (exact) mass is 744 g/mol. The minimum Gasteiger partial charge on any atom is -0.508 e. The second-order valence-electron chi connectivity index (χ2n) is 12.7. The molecule has 0 aromatic heterocycles. The van der Waals surface area contributed by atoms with Gasteiger partial charge in [-0.3, -0.25) is 4.79 Å². The first-order valence-electron chi connectivity index (χ1n) is 16.2. The van der Waals surface area contributed by atoms with Gasteiger partial charge in [0.2, 0.25) is 11.2 Å². The number of rotatable bonds is 6. The van der Waals surface area contributed by atoms with Crippen molar-refractivity contribution in [3.8, 4) is 69.0 Å². The quantitative estimate of drug-likeness (QED) is 0.0884. The molecule has 5 aromatic rings. The second kappa shape index (κ2) is 13.2. The van der Waals surface area contributed by atoms with E-state index in [0.717, 1.165) is 30.3 Å². The van der Waals surface area contributed by atoms with Crippen LogP contribution in [0.15, 0.2) is 59.4 Å². The number of esters is 1. The van der Waals surface area contributed by atoms with Crippen LogP contribution in [0.25, 0.3) is 10.8 Å². The lowest BCUT2D eigenvalue weighted by Crippen LogP contribution is -2.35. The van der Waals surface area contributed by atoms with Gasteiger partial charge in [0.1, 0.15) is 46.7 Å². The first kappa shape index (κ1) is 35.5. The molecular formula is C38H32O16. The van der Waals surface area contributed by atoms with Crippen molar-refractivity contribution in [3.63, 3.8) is 0 Å². The molecule has 2 aliphatic rings. The molecule has 4 atom stereocenters. The maximum Gasteiger partial charge on any atom is 0.338 e. The topological polar surface area (TPSA) is 262 Å². The van der Waals surface area contributed by atoms with Crippen molar-refractivity contribution in [2.75, 3.05) is 14.2 Å². The summed E-state index contributed by atoms with van der Waals surface area (Å²) in [6, 6.07) is 10.1. The number of carbonyl (C=O) groups is 1. The van der Waals surface area contributed by atoms with Gasteiger partial charge < -0.3 is 69.6 Å². The van der Waals surface area contributed by atoms with E-state index in [2.05, 4.69) is 0 Å². The fourth-order valence-corrected chi connectivity index (χ4v) is 6.87. The lowest BCUT2D eigenvalue weighted by molar-refractivity contribution is -0.0184. The Labute approximate surface area is 304 Å². The number of aliphatic hydroxyl groups excluding tert-OH is 1. The highest BCUT2D eigenvalue weighted by atomic mass is 16.6. The van der Waals surface area contributed by atoms with Crippen molar-refractivity contribution in [1.29, 1.82) is 0 Å². The van der Waals surface area contributed by atoms with Crippen LogP contribution in [0, 0.1) is 0 Å². The third-order valence-electron chi connectivity index (χ3n) is 9.37. The molecule has 5 aromatic carbocycles. The summed E-state index contributed by atoms with van der Waals surface area (Å²) in [5.74, 6) is -5.75. The number of aliphatic hydroxyl groups is 1. The number of aromatic hydroxyl groups is 8. The van der Waals surface area contributed by atoms with E-state index in [1.54, 1.807) is 0 Å². The number of phenols is 7. The second-order valence-corrected chi connectivity index (χ2v) is 12.7. The van der Waals surface area contributed by atoms with E-state index in [9.17, 15) is 55.5 Å². The summed E-state index contributed by atoms with van der Waals surface area (Å²) in [4.78, 5) is 27.4. The Kier molecular flexibility index (Phi) is 8.69. The van der Waals surface area contributed by atoms with Gasteiger partial charge >= 0.3 is 5.97 Å². The molecule has 0 aliphatic carbocycles. The molecule has 0 amide bonds. The minimum absolute atomic E-state index is 0.00109. The fourth-order valence-electron chi connectivity index (χ4n) is 6.87. The summed E-state index contributed by atoms with van der Waals surface area (Å²) >= 11 is 0. The van der Waals surface area contributed by atoms with Crippen LogP contribution in [0.2, 0.25) is 0 Å². The van der Waals surface area contributed by atoms with Crippen molar-refractivity contribution in [3.05, 3.63) is 92.6 Å². The number of phenolic OH excluding ortho intramolecular Hbond substituents is 7. The van der Waals surface area contributed by atoms with Gasteiger partial charge in [-0.2, -0.15) is 0 Å². The molecule has 4 unspecified atom stereocenters. The molecule has 16 heteroatoms. The molecule has 0 saturated carbocycles. The van der Waals surface area contributed by atoms with Crippen LogP contribution in [0.3, 0.4) is 0 Å². The number of carbonyl (C=O) groups excluding carboxylic acids is 1. The van der Waals surface area contributed by atoms with Crippen molar-refractivity contribution in [2.45, 2.75) is 37.3 Å². The summed E-state index contributed by atoms with van der Waals surface area (Å²) in [6.45, 7) is 0. The maximum absolute atomic E-state index is 13.7. The van der Waals surface area contributed by atoms with Gasteiger partial charge in [-0.15, -0.1) is 0 Å². The molecule has 2 aliphatic heterocycles. The van der Waals surface area contributed by atoms with Crippen LogP contribution in [-0.4, -0.2) is 78.4 Å². The third kappa shape index (κ3) is 5.97. The largest absolute Gasteiger partial charge is 0.508 e. The zero-order valence-electron chi connectivity index (χ0n) is 28.3. The average molecular weight is 745 g/mol. The summed E-state index contributed by atoms with van der Waals surface area (Å²) < 4.78 is 28.5. The summed E-state index contributed by atoms with van der Waals surface area (Å²) in [6.07, 6.45) is -6.04. The van der Waals surface area contributed by atoms with Gasteiger partial charge in [-0.25, -0.2) is 4.79 Å². The van der Waals surface area contributed by atoms with Crippen molar-refractivity contribution >= 4 is 16.7 Å². The molecule has 7 rings (SSSR count). The number of fused-ring (bicyclic) bond motifs is 3. The SMILES string of the molecule is COc1cc(C(=O)OC2Cc3c(O)cc(O)cc3OC2c2cc(O)c(O)c3c(=O)c(O)cc(C4Oc5cc(O)cc(O)c5CC4O)cc23)cc(O)c1OC. The first-order valence-corrected chi connectivity index (χ1v) is 16.2. The lowest BCUT2D eigenvalue weighted by atomic mass is 9.90. The van der Waals surface area contributed by atoms with E-state index >= 15 is 0 Å². The van der Waals surface area contributed by atoms with Crippen LogP contribution in [0.5, 0.6) is 69.0 Å². The van der Waals surface area contributed by atoms with E-state index in [4.69, 9.17) is 23.7 Å². The standard InChI is InChI=1S/C38H32O16/c1-50-30-6-15(5-26(45)37(30)51-2)38(49)54-31-13-21-23(42)8-17(40)10-29(21)53-36(31)19-11-25(44)34(48)32-18(19)3-14(4-24(43)33(32)47)35-27(46)12-20-22(41)7-16(39)9-28(20)52-35/h3-11,27,31,35-36,39-42,44-46,48H,12-13H2,1-2H3,(H,43,47). The predicted octanol–water partition coefficient (Wildman–Crippen LogP) is 3.80. The van der Waals surface area contributed by atoms with Crippen LogP contribution >= 0.6 is 0 Å². The zero-order chi connectivity index (χ0) is 38.7. The number of hydrogen-bond donors (Lipinski definition) is 9. The Bertz CT molecular complexity index is 2430. The number of methoxy groups -OCH3 is 2. The van der Waals surface area contributed by atoms with E-state index in [-0.39, 0.29) is 86.3 Å². The lowest BCUT2D eigenvalue weighted by Gasteiger charge is -2.34. The molecule has 0 spiro atoms. The third-order valence-corrected chi connectivity index (χ3v) is 9.37.